The van der Waals surface area contributed by atoms with Crippen LogP contribution >= 0.6 is 27.7 Å². The zero-order valence-electron chi connectivity index (χ0n) is 15.1. The predicted molar refractivity (Wildman–Crippen MR) is 107 cm³/mol. The van der Waals surface area contributed by atoms with Crippen molar-refractivity contribution in [3.8, 4) is 5.75 Å². The number of β-lactam (4-membered cyclic amide) rings is 1. The first-order valence-corrected chi connectivity index (χ1v) is 10.3. The fourth-order valence-corrected chi connectivity index (χ4v) is 4.63. The second kappa shape index (κ2) is 9.17. The summed E-state index contributed by atoms with van der Waals surface area (Å²) in [5, 5.41) is 13.2. The standard InChI is InChI=1S/C17H15BrN4O7S/c18-9-7-30-16-11(15(26)22(16)12(9)17(27)28)20-10(23)6-19-13(24)14(25)21-29-8-4-2-1-3-5-8/h1-5,11,16H,6-7H2,(H,19,24)(H,20,23)(H,21,25)(H,27,28)/t11?,16-/m0/s1. The van der Waals surface area contributed by atoms with Gasteiger partial charge in [-0.2, -0.15) is 5.48 Å². The molecule has 4 amide bonds. The minimum absolute atomic E-state index is 0.155. The third-order valence-electron chi connectivity index (χ3n) is 4.06. The monoisotopic (exact) mass is 498 g/mol. The molecule has 11 nitrogen and oxygen atoms in total. The van der Waals surface area contributed by atoms with Crippen molar-refractivity contribution in [3.63, 3.8) is 0 Å². The number of benzene rings is 1. The smallest absolute Gasteiger partial charge is 0.353 e. The molecule has 1 saturated heterocycles. The molecule has 4 N–H and O–H groups in total. The molecule has 3 rings (SSSR count). The van der Waals surface area contributed by atoms with E-state index < -0.39 is 47.6 Å². The van der Waals surface area contributed by atoms with Crippen LogP contribution in [0.4, 0.5) is 0 Å². The maximum absolute atomic E-state index is 12.3. The minimum atomic E-state index is -1.25. The summed E-state index contributed by atoms with van der Waals surface area (Å²) in [6, 6.07) is 7.30. The van der Waals surface area contributed by atoms with E-state index in [0.29, 0.717) is 16.0 Å². The van der Waals surface area contributed by atoms with Gasteiger partial charge in [-0.25, -0.2) is 4.79 Å². The maximum atomic E-state index is 12.3. The Morgan fingerprint density at radius 1 is 1.20 bits per heavy atom. The van der Waals surface area contributed by atoms with Crippen LogP contribution in [0.15, 0.2) is 40.5 Å². The van der Waals surface area contributed by atoms with Crippen molar-refractivity contribution >= 4 is 57.3 Å². The first-order valence-electron chi connectivity index (χ1n) is 8.45. The molecule has 0 saturated carbocycles. The number of amides is 4. The highest BCUT2D eigenvalue weighted by atomic mass is 79.9. The minimum Gasteiger partial charge on any atom is -0.477 e. The maximum Gasteiger partial charge on any atom is 0.353 e. The van der Waals surface area contributed by atoms with Crippen molar-refractivity contribution < 1.29 is 33.9 Å². The van der Waals surface area contributed by atoms with Crippen LogP contribution < -0.4 is 21.0 Å². The number of hydrogen-bond acceptors (Lipinski definition) is 7. The fourth-order valence-electron chi connectivity index (χ4n) is 2.69. The molecular weight excluding hydrogens is 484 g/mol. The largest absolute Gasteiger partial charge is 0.477 e. The van der Waals surface area contributed by atoms with Gasteiger partial charge in [0.2, 0.25) is 5.91 Å². The van der Waals surface area contributed by atoms with E-state index in [0.717, 1.165) is 4.90 Å². The Labute approximate surface area is 182 Å². The molecule has 1 unspecified atom stereocenters. The topological polar surface area (TPSA) is 154 Å². The van der Waals surface area contributed by atoms with Gasteiger partial charge in [0.1, 0.15) is 17.1 Å². The van der Waals surface area contributed by atoms with Crippen LogP contribution in [-0.4, -0.2) is 63.3 Å². The van der Waals surface area contributed by atoms with E-state index in [-0.39, 0.29) is 5.70 Å². The van der Waals surface area contributed by atoms with Gasteiger partial charge >= 0.3 is 17.8 Å². The number of para-hydroxylation sites is 1. The van der Waals surface area contributed by atoms with E-state index in [1.807, 2.05) is 5.48 Å². The number of nitrogens with one attached hydrogen (secondary N) is 3. The third-order valence-corrected chi connectivity index (χ3v) is 6.37. The van der Waals surface area contributed by atoms with E-state index in [2.05, 4.69) is 26.6 Å². The molecule has 0 aliphatic carbocycles. The van der Waals surface area contributed by atoms with Gasteiger partial charge in [-0.15, -0.1) is 11.8 Å². The van der Waals surface area contributed by atoms with Crippen LogP contribution in [0.2, 0.25) is 0 Å². The van der Waals surface area contributed by atoms with Gasteiger partial charge < -0.3 is 20.6 Å². The number of hydroxylamine groups is 1. The number of carbonyl (C=O) groups is 5. The fraction of sp³-hybridized carbons (Fsp3) is 0.235. The van der Waals surface area contributed by atoms with Gasteiger partial charge in [0.25, 0.3) is 5.91 Å². The molecule has 0 bridgehead atoms. The Kier molecular flexibility index (Phi) is 6.62. The first kappa shape index (κ1) is 21.6. The van der Waals surface area contributed by atoms with Crippen LogP contribution in [0, 0.1) is 0 Å². The van der Waals surface area contributed by atoms with Crippen LogP contribution in [0.3, 0.4) is 0 Å². The molecule has 1 aromatic rings. The summed E-state index contributed by atoms with van der Waals surface area (Å²) in [5.41, 5.74) is 1.78. The number of carboxylic acid groups (broad SMARTS) is 1. The quantitative estimate of drug-likeness (QED) is 0.228. The average molecular weight is 499 g/mol. The van der Waals surface area contributed by atoms with Gasteiger partial charge in [-0.1, -0.05) is 34.1 Å². The van der Waals surface area contributed by atoms with E-state index in [1.54, 1.807) is 30.3 Å². The number of carboxylic acids is 1. The van der Waals surface area contributed by atoms with Crippen molar-refractivity contribution in [2.45, 2.75) is 11.4 Å². The molecule has 0 spiro atoms. The highest BCUT2D eigenvalue weighted by Gasteiger charge is 2.54. The molecule has 2 aliphatic rings. The van der Waals surface area contributed by atoms with Gasteiger partial charge in [0, 0.05) is 10.2 Å². The van der Waals surface area contributed by atoms with Crippen LogP contribution in [0.1, 0.15) is 0 Å². The van der Waals surface area contributed by atoms with Crippen LogP contribution in [0.5, 0.6) is 5.75 Å². The molecule has 13 heteroatoms. The summed E-state index contributed by atoms with van der Waals surface area (Å²) in [5.74, 6) is -4.09. The van der Waals surface area contributed by atoms with Crippen molar-refractivity contribution in [1.29, 1.82) is 0 Å². The number of rotatable bonds is 6. The van der Waals surface area contributed by atoms with E-state index in [9.17, 15) is 29.1 Å². The number of halogens is 1. The zero-order chi connectivity index (χ0) is 21.8. The lowest BCUT2D eigenvalue weighted by atomic mass is 10.1. The van der Waals surface area contributed by atoms with Crippen molar-refractivity contribution in [1.82, 2.24) is 21.0 Å². The van der Waals surface area contributed by atoms with Crippen molar-refractivity contribution in [2.24, 2.45) is 0 Å². The molecular formula is C17H15BrN4O7S. The first-order chi connectivity index (χ1) is 14.3. The zero-order valence-corrected chi connectivity index (χ0v) is 17.5. The van der Waals surface area contributed by atoms with Gasteiger partial charge in [0.05, 0.1) is 6.54 Å². The van der Waals surface area contributed by atoms with Gasteiger partial charge in [-0.05, 0) is 12.1 Å². The lowest BCUT2D eigenvalue weighted by molar-refractivity contribution is -0.150. The second-order valence-corrected chi connectivity index (χ2v) is 8.10. The normalized spacial score (nSPS) is 19.9. The highest BCUT2D eigenvalue weighted by molar-refractivity contribution is 9.11. The summed E-state index contributed by atoms with van der Waals surface area (Å²) < 4.78 is 0.380. The number of aliphatic carboxylic acids is 1. The number of carbonyl (C=O) groups excluding carboxylic acids is 4. The number of nitrogens with zero attached hydrogens (tertiary/aromatic N) is 1. The second-order valence-electron chi connectivity index (χ2n) is 6.04. The Morgan fingerprint density at radius 2 is 1.90 bits per heavy atom. The Morgan fingerprint density at radius 3 is 2.57 bits per heavy atom. The van der Waals surface area contributed by atoms with Crippen molar-refractivity contribution in [2.75, 3.05) is 12.3 Å². The van der Waals surface area contributed by atoms with E-state index >= 15 is 0 Å². The van der Waals surface area contributed by atoms with E-state index in [4.69, 9.17) is 4.84 Å². The molecule has 2 atom stereocenters. The molecule has 30 heavy (non-hydrogen) atoms. The molecule has 158 valence electrons. The summed E-state index contributed by atoms with van der Waals surface area (Å²) >= 11 is 4.42. The van der Waals surface area contributed by atoms with E-state index in [1.165, 1.54) is 11.8 Å². The lowest BCUT2D eigenvalue weighted by Crippen LogP contribution is -2.71. The summed E-state index contributed by atoms with van der Waals surface area (Å²) in [7, 11) is 0. The van der Waals surface area contributed by atoms with Crippen molar-refractivity contribution in [3.05, 3.63) is 40.5 Å². The molecule has 2 aliphatic heterocycles. The van der Waals surface area contributed by atoms with Gasteiger partial charge in [-0.3, -0.25) is 24.1 Å². The third kappa shape index (κ3) is 4.57. The summed E-state index contributed by atoms with van der Waals surface area (Å²) in [6.07, 6.45) is 0. The Hall–Kier alpha value is -3.06. The molecule has 0 radical (unpaired) electrons. The average Bonchev–Trinajstić information content (AvgIpc) is 2.74. The number of hydrogen-bond donors (Lipinski definition) is 4. The molecule has 1 aromatic carbocycles. The predicted octanol–water partition coefficient (Wildman–Crippen LogP) is -0.696. The van der Waals surface area contributed by atoms with Crippen LogP contribution in [-0.2, 0) is 24.0 Å². The Balaban J connectivity index is 1.45. The highest BCUT2D eigenvalue weighted by Crippen LogP contribution is 2.41. The SMILES string of the molecule is O=C(CNC(=O)C(=O)NOc1ccccc1)NC1C(=O)N2C(C(=O)O)=C(Br)CS[C@@H]12. The Bertz CT molecular complexity index is 939. The number of fused-ring (bicyclic) bond motifs is 1. The van der Waals surface area contributed by atoms with Crippen LogP contribution in [0.25, 0.3) is 0 Å². The van der Waals surface area contributed by atoms with Gasteiger partial charge in [0.15, 0.2) is 5.75 Å². The summed E-state index contributed by atoms with van der Waals surface area (Å²) in [4.78, 5) is 65.1. The summed E-state index contributed by atoms with van der Waals surface area (Å²) in [6.45, 7) is -0.552. The lowest BCUT2D eigenvalue weighted by Gasteiger charge is -2.48. The number of thioether (sulfide) groups is 1. The molecule has 1 fully saturated rings. The molecule has 2 heterocycles. The molecule has 0 aromatic heterocycles.